The van der Waals surface area contributed by atoms with Crippen molar-refractivity contribution >= 4 is 34.2 Å². The van der Waals surface area contributed by atoms with Crippen molar-refractivity contribution < 1.29 is 9.49 Å². The lowest BCUT2D eigenvalue weighted by atomic mass is 10.1. The summed E-state index contributed by atoms with van der Waals surface area (Å²) in [6.45, 7) is 0. The van der Waals surface area contributed by atoms with E-state index in [-0.39, 0.29) is 5.69 Å². The van der Waals surface area contributed by atoms with E-state index in [0.29, 0.717) is 0 Å². The number of rotatable bonds is 2. The van der Waals surface area contributed by atoms with Crippen molar-refractivity contribution in [3.63, 3.8) is 0 Å². The lowest BCUT2D eigenvalue weighted by Crippen LogP contribution is -2.31. The Hall–Kier alpha value is -3.21. The third-order valence-corrected chi connectivity index (χ3v) is 3.77. The van der Waals surface area contributed by atoms with Gasteiger partial charge in [0.2, 0.25) is 5.52 Å². The molecule has 5 nitrogen and oxygen atoms in total. The molecule has 1 aliphatic rings. The molecule has 0 radical (unpaired) electrons. The summed E-state index contributed by atoms with van der Waals surface area (Å²) in [5.41, 5.74) is 4.05. The summed E-state index contributed by atoms with van der Waals surface area (Å²) in [6, 6.07) is 16.7. The Balaban J connectivity index is 1.83. The van der Waals surface area contributed by atoms with Crippen molar-refractivity contribution in [3.05, 3.63) is 76.5 Å². The second kappa shape index (κ2) is 4.66. The van der Waals surface area contributed by atoms with E-state index in [1.165, 1.54) is 12.1 Å². The number of nitro benzene ring substituents is 1. The average Bonchev–Trinajstić information content (AvgIpc) is 2.55. The fraction of sp³-hybridized carbons (Fsp3) is 0. The molecule has 0 unspecified atom stereocenters. The van der Waals surface area contributed by atoms with Crippen LogP contribution in [0.3, 0.4) is 0 Å². The maximum absolute atomic E-state index is 10.8. The van der Waals surface area contributed by atoms with Crippen LogP contribution in [0.25, 0.3) is 22.8 Å². The van der Waals surface area contributed by atoms with Gasteiger partial charge in [-0.2, -0.15) is 4.57 Å². The van der Waals surface area contributed by atoms with Crippen molar-refractivity contribution in [2.45, 2.75) is 0 Å². The lowest BCUT2D eigenvalue weighted by molar-refractivity contribution is -0.538. The summed E-state index contributed by atoms with van der Waals surface area (Å²) >= 11 is 0. The van der Waals surface area contributed by atoms with Crippen LogP contribution >= 0.6 is 0 Å². The number of aromatic nitrogens is 1. The number of hydrogen-bond acceptors (Lipinski definition) is 3. The van der Waals surface area contributed by atoms with Crippen LogP contribution in [-0.4, -0.2) is 4.92 Å². The molecule has 0 saturated carbocycles. The highest BCUT2D eigenvalue weighted by molar-refractivity contribution is 5.96. The monoisotopic (exact) mass is 290 g/mol. The maximum atomic E-state index is 10.8. The predicted octanol–water partition coefficient (Wildman–Crippen LogP) is 3.42. The molecule has 2 heterocycles. The molecular formula is C17H12N3O2+. The third kappa shape index (κ3) is 1.91. The molecule has 0 fully saturated rings. The summed E-state index contributed by atoms with van der Waals surface area (Å²) in [5, 5.41) is 15.3. The molecule has 5 heteroatoms. The van der Waals surface area contributed by atoms with Crippen molar-refractivity contribution in [2.75, 3.05) is 5.32 Å². The minimum absolute atomic E-state index is 0.0929. The van der Waals surface area contributed by atoms with Crippen LogP contribution in [0.1, 0.15) is 5.56 Å². The first-order chi connectivity index (χ1) is 10.7. The highest BCUT2D eigenvalue weighted by Crippen LogP contribution is 2.28. The molecule has 1 aliphatic heterocycles. The summed E-state index contributed by atoms with van der Waals surface area (Å²) in [6.07, 6.45) is 3.99. The summed E-state index contributed by atoms with van der Waals surface area (Å²) in [5.74, 6) is 0. The Bertz CT molecular complexity index is 925. The van der Waals surface area contributed by atoms with E-state index in [4.69, 9.17) is 0 Å². The number of hydrogen-bond donors (Lipinski definition) is 1. The van der Waals surface area contributed by atoms with Crippen molar-refractivity contribution in [1.82, 2.24) is 0 Å². The van der Waals surface area contributed by atoms with Gasteiger partial charge in [-0.25, -0.2) is 0 Å². The van der Waals surface area contributed by atoms with Gasteiger partial charge in [-0.1, -0.05) is 6.07 Å². The van der Waals surface area contributed by atoms with E-state index in [1.807, 2.05) is 30.6 Å². The van der Waals surface area contributed by atoms with E-state index < -0.39 is 4.92 Å². The van der Waals surface area contributed by atoms with Crippen LogP contribution in [0.15, 0.2) is 60.8 Å². The van der Waals surface area contributed by atoms with Crippen LogP contribution in [0.4, 0.5) is 11.4 Å². The second-order valence-corrected chi connectivity index (χ2v) is 5.13. The number of nitro groups is 1. The van der Waals surface area contributed by atoms with Gasteiger partial charge in [-0.3, -0.25) is 10.1 Å². The fourth-order valence-corrected chi connectivity index (χ4v) is 2.73. The van der Waals surface area contributed by atoms with Gasteiger partial charge in [0.05, 0.1) is 4.92 Å². The van der Waals surface area contributed by atoms with Gasteiger partial charge in [0, 0.05) is 29.1 Å². The van der Waals surface area contributed by atoms with Crippen molar-refractivity contribution in [3.8, 4) is 0 Å². The van der Waals surface area contributed by atoms with Gasteiger partial charge in [-0.05, 0) is 30.3 Å². The molecule has 0 atom stereocenters. The molecule has 106 valence electrons. The maximum Gasteiger partial charge on any atom is 0.269 e. The molecule has 22 heavy (non-hydrogen) atoms. The molecule has 0 aliphatic carbocycles. The first kappa shape index (κ1) is 12.5. The summed E-state index contributed by atoms with van der Waals surface area (Å²) in [4.78, 5) is 10.4. The topological polar surface area (TPSA) is 59.1 Å². The number of pyridine rings is 1. The standard InChI is InChI=1S/C17H12N3O2/c21-20(22)14-8-6-12(7-9-14)16-11-19-10-2-4-13-3-1-5-15(18-16)17(13)19/h1-11,18H/q+1. The van der Waals surface area contributed by atoms with E-state index in [9.17, 15) is 10.1 Å². The summed E-state index contributed by atoms with van der Waals surface area (Å²) in [7, 11) is 0. The van der Waals surface area contributed by atoms with Gasteiger partial charge in [0.15, 0.2) is 12.4 Å². The predicted molar refractivity (Wildman–Crippen MR) is 85.0 cm³/mol. The molecule has 0 bridgehead atoms. The molecule has 0 amide bonds. The van der Waals surface area contributed by atoms with E-state index in [0.717, 1.165) is 27.9 Å². The van der Waals surface area contributed by atoms with Crippen LogP contribution in [0.2, 0.25) is 0 Å². The molecule has 2 aromatic carbocycles. The molecule has 0 spiro atoms. The molecule has 1 aromatic heterocycles. The zero-order valence-electron chi connectivity index (χ0n) is 11.6. The van der Waals surface area contributed by atoms with Gasteiger partial charge in [0.25, 0.3) is 5.69 Å². The van der Waals surface area contributed by atoms with Gasteiger partial charge >= 0.3 is 0 Å². The number of para-hydroxylation sites is 1. The number of benzene rings is 2. The molecule has 4 rings (SSSR count). The number of nitrogens with zero attached hydrogens (tertiary/aromatic N) is 2. The Morgan fingerprint density at radius 3 is 2.55 bits per heavy atom. The number of non-ortho nitro benzene ring substituents is 1. The van der Waals surface area contributed by atoms with Crippen molar-refractivity contribution in [2.24, 2.45) is 0 Å². The molecule has 3 aromatic rings. The highest BCUT2D eigenvalue weighted by Gasteiger charge is 2.20. The smallest absolute Gasteiger partial charge is 0.269 e. The first-order valence-electron chi connectivity index (χ1n) is 6.89. The number of anilines is 1. The minimum Gasteiger partial charge on any atom is -0.345 e. The molecule has 1 N–H and O–H groups in total. The summed E-state index contributed by atoms with van der Waals surface area (Å²) < 4.78 is 2.07. The SMILES string of the molecule is O=[N+]([O-])c1ccc(C2=C[n+]3cccc4cccc(c43)N2)cc1. The number of nitrogens with one attached hydrogen (secondary N) is 1. The van der Waals surface area contributed by atoms with Crippen LogP contribution in [-0.2, 0) is 0 Å². The van der Waals surface area contributed by atoms with Gasteiger partial charge < -0.3 is 5.32 Å². The fourth-order valence-electron chi connectivity index (χ4n) is 2.73. The van der Waals surface area contributed by atoms with E-state index >= 15 is 0 Å². The Labute approximate surface area is 126 Å². The first-order valence-corrected chi connectivity index (χ1v) is 6.89. The van der Waals surface area contributed by atoms with Gasteiger partial charge in [0.1, 0.15) is 11.4 Å². The molecular weight excluding hydrogens is 278 g/mol. The third-order valence-electron chi connectivity index (χ3n) is 3.77. The van der Waals surface area contributed by atoms with E-state index in [1.54, 1.807) is 12.1 Å². The minimum atomic E-state index is -0.392. The quantitative estimate of drug-likeness (QED) is 0.447. The molecule has 0 saturated heterocycles. The Morgan fingerprint density at radius 1 is 1.00 bits per heavy atom. The van der Waals surface area contributed by atoms with Crippen molar-refractivity contribution in [1.29, 1.82) is 0 Å². The van der Waals surface area contributed by atoms with Crippen LogP contribution in [0.5, 0.6) is 0 Å². The highest BCUT2D eigenvalue weighted by atomic mass is 16.6. The Morgan fingerprint density at radius 2 is 1.77 bits per heavy atom. The van der Waals surface area contributed by atoms with Crippen LogP contribution in [0, 0.1) is 10.1 Å². The normalized spacial score (nSPS) is 12.6. The van der Waals surface area contributed by atoms with E-state index in [2.05, 4.69) is 22.0 Å². The van der Waals surface area contributed by atoms with Crippen LogP contribution < -0.4 is 9.88 Å². The lowest BCUT2D eigenvalue weighted by Gasteiger charge is -2.15. The van der Waals surface area contributed by atoms with Gasteiger partial charge in [-0.15, -0.1) is 0 Å². The zero-order valence-corrected chi connectivity index (χ0v) is 11.6. The Kier molecular flexibility index (Phi) is 2.66. The average molecular weight is 290 g/mol. The zero-order chi connectivity index (χ0) is 15.1. The second-order valence-electron chi connectivity index (χ2n) is 5.13. The largest absolute Gasteiger partial charge is 0.345 e.